The smallest absolute Gasteiger partial charge is 0.0635 e. The molecule has 21 heavy (non-hydrogen) atoms. The minimum Gasteiger partial charge on any atom is -0.404 e. The van der Waals surface area contributed by atoms with Crippen molar-refractivity contribution in [3.8, 4) is 0 Å². The zero-order valence-corrected chi connectivity index (χ0v) is 12.1. The molecule has 0 fully saturated rings. The molecule has 0 radical (unpaired) electrons. The summed E-state index contributed by atoms with van der Waals surface area (Å²) >= 11 is 0. The van der Waals surface area contributed by atoms with Crippen LogP contribution in [0, 0.1) is 0 Å². The summed E-state index contributed by atoms with van der Waals surface area (Å²) in [5.74, 6) is 0. The van der Waals surface area contributed by atoms with Crippen molar-refractivity contribution in [1.29, 1.82) is 0 Å². The van der Waals surface area contributed by atoms with Crippen LogP contribution in [-0.2, 0) is 0 Å². The summed E-state index contributed by atoms with van der Waals surface area (Å²) in [6.07, 6.45) is 11.3. The predicted octanol–water partition coefficient (Wildman–Crippen LogP) is 3.48. The fraction of sp³-hybridized carbons (Fsp3) is 0.167. The summed E-state index contributed by atoms with van der Waals surface area (Å²) in [6, 6.07) is 8.18. The molecule has 1 aromatic carbocycles. The summed E-state index contributed by atoms with van der Waals surface area (Å²) < 4.78 is 0. The zero-order valence-electron chi connectivity index (χ0n) is 12.1. The maximum Gasteiger partial charge on any atom is 0.0635 e. The Hall–Kier alpha value is -2.39. The Bertz CT molecular complexity index is 634. The lowest BCUT2D eigenvalue weighted by molar-refractivity contribution is 1.01. The lowest BCUT2D eigenvalue weighted by Gasteiger charge is -2.13. The first kappa shape index (κ1) is 15.0. The van der Waals surface area contributed by atoms with Crippen molar-refractivity contribution in [3.63, 3.8) is 0 Å². The van der Waals surface area contributed by atoms with Crippen LogP contribution in [0.4, 0.5) is 5.69 Å². The first-order valence-corrected chi connectivity index (χ1v) is 7.05. The van der Waals surface area contributed by atoms with Crippen molar-refractivity contribution in [2.75, 3.05) is 6.54 Å². The van der Waals surface area contributed by atoms with E-state index in [1.54, 1.807) is 12.3 Å². The number of hydrogen-bond acceptors (Lipinski definition) is 3. The van der Waals surface area contributed by atoms with Gasteiger partial charge in [0.2, 0.25) is 0 Å². The number of rotatable bonds is 5. The Morgan fingerprint density at radius 1 is 1.38 bits per heavy atom. The van der Waals surface area contributed by atoms with Gasteiger partial charge in [0.15, 0.2) is 0 Å². The first-order chi connectivity index (χ1) is 10.3. The van der Waals surface area contributed by atoms with Gasteiger partial charge in [-0.1, -0.05) is 36.9 Å². The Balaban J connectivity index is 2.24. The van der Waals surface area contributed by atoms with Crippen molar-refractivity contribution in [1.82, 2.24) is 0 Å². The first-order valence-electron chi connectivity index (χ1n) is 7.05. The highest BCUT2D eigenvalue weighted by atomic mass is 14.7. The second-order valence-corrected chi connectivity index (χ2v) is 4.87. The molecule has 1 aromatic rings. The van der Waals surface area contributed by atoms with Crippen LogP contribution in [-0.4, -0.2) is 12.8 Å². The lowest BCUT2D eigenvalue weighted by atomic mass is 9.93. The molecule has 0 aliphatic heterocycles. The number of nitrogens with zero attached hydrogens (tertiary/aromatic N) is 1. The van der Waals surface area contributed by atoms with Gasteiger partial charge in [-0.05, 0) is 41.7 Å². The molecule has 3 nitrogen and oxygen atoms in total. The number of benzene rings is 1. The maximum absolute atomic E-state index is 5.72. The zero-order chi connectivity index (χ0) is 15.1. The standard InChI is InChI=1S/C18H21N3/c1-2-14(11-19)13-21-18-8-4-7-17(10-18)16-6-3-5-15(9-16)12-20/h2,4-5,7-11,13H,1,3,6,12,19-20H2. The van der Waals surface area contributed by atoms with Crippen molar-refractivity contribution < 1.29 is 0 Å². The van der Waals surface area contributed by atoms with E-state index in [0.717, 1.165) is 24.1 Å². The minimum atomic E-state index is 0.589. The fourth-order valence-corrected chi connectivity index (χ4v) is 2.24. The van der Waals surface area contributed by atoms with Crippen LogP contribution in [0.1, 0.15) is 18.4 Å². The quantitative estimate of drug-likeness (QED) is 0.640. The van der Waals surface area contributed by atoms with Gasteiger partial charge in [0.1, 0.15) is 0 Å². The second-order valence-electron chi connectivity index (χ2n) is 4.87. The van der Waals surface area contributed by atoms with Gasteiger partial charge in [-0.2, -0.15) is 0 Å². The third kappa shape index (κ3) is 4.04. The molecule has 2 rings (SSSR count). The monoisotopic (exact) mass is 279 g/mol. The van der Waals surface area contributed by atoms with E-state index in [9.17, 15) is 0 Å². The average molecular weight is 279 g/mol. The summed E-state index contributed by atoms with van der Waals surface area (Å²) in [4.78, 5) is 4.43. The third-order valence-corrected chi connectivity index (χ3v) is 3.42. The van der Waals surface area contributed by atoms with Gasteiger partial charge < -0.3 is 11.5 Å². The second kappa shape index (κ2) is 7.41. The van der Waals surface area contributed by atoms with E-state index in [4.69, 9.17) is 11.5 Å². The molecule has 0 saturated carbocycles. The molecule has 1 aliphatic rings. The van der Waals surface area contributed by atoms with E-state index in [2.05, 4.69) is 35.9 Å². The van der Waals surface area contributed by atoms with E-state index in [1.165, 1.54) is 22.9 Å². The topological polar surface area (TPSA) is 64.4 Å². The normalized spacial score (nSPS) is 15.8. The van der Waals surface area contributed by atoms with Crippen molar-refractivity contribution in [3.05, 3.63) is 72.0 Å². The van der Waals surface area contributed by atoms with Crippen LogP contribution in [0.5, 0.6) is 0 Å². The van der Waals surface area contributed by atoms with Gasteiger partial charge in [0.25, 0.3) is 0 Å². The third-order valence-electron chi connectivity index (χ3n) is 3.42. The Kier molecular flexibility index (Phi) is 5.29. The molecule has 0 bridgehead atoms. The van der Waals surface area contributed by atoms with Gasteiger partial charge in [0, 0.05) is 24.5 Å². The van der Waals surface area contributed by atoms with Crippen molar-refractivity contribution in [2.24, 2.45) is 16.5 Å². The fourth-order valence-electron chi connectivity index (χ4n) is 2.24. The van der Waals surface area contributed by atoms with E-state index >= 15 is 0 Å². The molecule has 0 amide bonds. The molecule has 0 aromatic heterocycles. The Morgan fingerprint density at radius 2 is 2.24 bits per heavy atom. The molecule has 0 saturated heterocycles. The molecule has 4 N–H and O–H groups in total. The number of hydrogen-bond donors (Lipinski definition) is 2. The highest BCUT2D eigenvalue weighted by molar-refractivity contribution is 5.84. The van der Waals surface area contributed by atoms with Gasteiger partial charge in [-0.3, -0.25) is 4.99 Å². The summed E-state index contributed by atoms with van der Waals surface area (Å²) in [5, 5.41) is 0. The summed E-state index contributed by atoms with van der Waals surface area (Å²) in [7, 11) is 0. The van der Waals surface area contributed by atoms with E-state index in [1.807, 2.05) is 12.1 Å². The molecule has 0 unspecified atom stereocenters. The maximum atomic E-state index is 5.72. The molecule has 0 atom stereocenters. The molecule has 0 heterocycles. The van der Waals surface area contributed by atoms with Gasteiger partial charge in [-0.25, -0.2) is 0 Å². The Labute approximate surface area is 126 Å². The van der Waals surface area contributed by atoms with E-state index in [0.29, 0.717) is 6.54 Å². The van der Waals surface area contributed by atoms with E-state index < -0.39 is 0 Å². The molecule has 3 heteroatoms. The van der Waals surface area contributed by atoms with Gasteiger partial charge >= 0.3 is 0 Å². The molecule has 0 spiro atoms. The minimum absolute atomic E-state index is 0.589. The highest BCUT2D eigenvalue weighted by Gasteiger charge is 2.07. The van der Waals surface area contributed by atoms with Gasteiger partial charge in [0.05, 0.1) is 5.69 Å². The SMILES string of the molecule is C=CC(C=Nc1cccc(C2=CC(CN)=CCC2)c1)=CN. The Morgan fingerprint density at radius 3 is 2.95 bits per heavy atom. The van der Waals surface area contributed by atoms with E-state index in [-0.39, 0.29) is 0 Å². The summed E-state index contributed by atoms with van der Waals surface area (Å²) in [6.45, 7) is 4.27. The number of nitrogens with two attached hydrogens (primary N) is 2. The van der Waals surface area contributed by atoms with Crippen molar-refractivity contribution in [2.45, 2.75) is 12.8 Å². The number of allylic oxidation sites excluding steroid dienone is 4. The number of aliphatic imine (C=N–C) groups is 1. The van der Waals surface area contributed by atoms with Crippen LogP contribution in [0.3, 0.4) is 0 Å². The lowest BCUT2D eigenvalue weighted by Crippen LogP contribution is -2.04. The average Bonchev–Trinajstić information content (AvgIpc) is 2.56. The molecular formula is C18H21N3. The predicted molar refractivity (Wildman–Crippen MR) is 91.4 cm³/mol. The summed E-state index contributed by atoms with van der Waals surface area (Å²) in [5.41, 5.74) is 16.6. The van der Waals surface area contributed by atoms with Crippen LogP contribution in [0.15, 0.2) is 71.4 Å². The molecule has 1 aliphatic carbocycles. The molecular weight excluding hydrogens is 258 g/mol. The van der Waals surface area contributed by atoms with Gasteiger partial charge in [-0.15, -0.1) is 0 Å². The largest absolute Gasteiger partial charge is 0.404 e. The molecule has 108 valence electrons. The van der Waals surface area contributed by atoms with Crippen molar-refractivity contribution >= 4 is 17.5 Å². The highest BCUT2D eigenvalue weighted by Crippen LogP contribution is 2.28. The van der Waals surface area contributed by atoms with Crippen LogP contribution < -0.4 is 11.5 Å². The van der Waals surface area contributed by atoms with Crippen LogP contribution in [0.25, 0.3) is 5.57 Å². The van der Waals surface area contributed by atoms with Crippen LogP contribution in [0.2, 0.25) is 0 Å². The van der Waals surface area contributed by atoms with Crippen LogP contribution >= 0.6 is 0 Å².